The second-order valence-electron chi connectivity index (χ2n) is 5.21. The van der Waals surface area contributed by atoms with Crippen molar-refractivity contribution in [2.75, 3.05) is 5.32 Å². The molecular weight excluding hydrogens is 382 g/mol. The van der Waals surface area contributed by atoms with Crippen LogP contribution in [0.1, 0.15) is 20.7 Å². The fraction of sp³-hybridized carbons (Fsp3) is 0. The van der Waals surface area contributed by atoms with Crippen molar-refractivity contribution in [2.45, 2.75) is 0 Å². The molecule has 0 aliphatic heterocycles. The van der Waals surface area contributed by atoms with Gasteiger partial charge in [0.1, 0.15) is 5.75 Å². The first kappa shape index (κ1) is 16.9. The van der Waals surface area contributed by atoms with E-state index in [9.17, 15) is 9.59 Å². The maximum atomic E-state index is 12.5. The SMILES string of the molecule is O=C(Oc1ccccc1C(=O)Nc1ccccc1)c1ccc(Br)cc1. The number of anilines is 1. The first-order valence-electron chi connectivity index (χ1n) is 7.56. The number of nitrogens with one attached hydrogen (secondary N) is 1. The molecule has 3 aromatic carbocycles. The third-order valence-corrected chi connectivity index (χ3v) is 3.97. The van der Waals surface area contributed by atoms with Gasteiger partial charge in [-0.05, 0) is 48.5 Å². The monoisotopic (exact) mass is 395 g/mol. The Morgan fingerprint density at radius 1 is 0.800 bits per heavy atom. The number of esters is 1. The molecule has 1 amide bonds. The van der Waals surface area contributed by atoms with Crippen LogP contribution in [0.3, 0.4) is 0 Å². The van der Waals surface area contributed by atoms with Crippen molar-refractivity contribution in [2.24, 2.45) is 0 Å². The normalized spacial score (nSPS) is 10.1. The molecule has 0 spiro atoms. The summed E-state index contributed by atoms with van der Waals surface area (Å²) in [5, 5.41) is 2.78. The lowest BCUT2D eigenvalue weighted by molar-refractivity contribution is 0.0733. The Balaban J connectivity index is 1.79. The fourth-order valence-corrected chi connectivity index (χ4v) is 2.47. The summed E-state index contributed by atoms with van der Waals surface area (Å²) >= 11 is 3.32. The number of carbonyl (C=O) groups is 2. The van der Waals surface area contributed by atoms with E-state index < -0.39 is 5.97 Å². The van der Waals surface area contributed by atoms with Gasteiger partial charge in [0, 0.05) is 10.2 Å². The number of carbonyl (C=O) groups excluding carboxylic acids is 2. The maximum absolute atomic E-state index is 12.5. The van der Waals surface area contributed by atoms with Gasteiger partial charge in [0.15, 0.2) is 0 Å². The number of halogens is 1. The number of para-hydroxylation sites is 2. The minimum absolute atomic E-state index is 0.212. The molecule has 0 radical (unpaired) electrons. The fourth-order valence-electron chi connectivity index (χ4n) is 2.21. The predicted octanol–water partition coefficient (Wildman–Crippen LogP) is 4.92. The first-order valence-corrected chi connectivity index (χ1v) is 8.36. The molecule has 3 aromatic rings. The van der Waals surface area contributed by atoms with Crippen LogP contribution in [0.15, 0.2) is 83.3 Å². The lowest BCUT2D eigenvalue weighted by Crippen LogP contribution is -2.16. The van der Waals surface area contributed by atoms with E-state index >= 15 is 0 Å². The average molecular weight is 396 g/mol. The van der Waals surface area contributed by atoms with Crippen molar-refractivity contribution in [3.05, 3.63) is 94.5 Å². The number of hydrogen-bond acceptors (Lipinski definition) is 3. The zero-order valence-electron chi connectivity index (χ0n) is 13.1. The van der Waals surface area contributed by atoms with Gasteiger partial charge >= 0.3 is 5.97 Å². The molecule has 0 aliphatic carbocycles. The molecular formula is C20H14BrNO3. The molecule has 0 saturated carbocycles. The van der Waals surface area contributed by atoms with Gasteiger partial charge in [-0.3, -0.25) is 4.79 Å². The van der Waals surface area contributed by atoms with Gasteiger partial charge in [-0.2, -0.15) is 0 Å². The smallest absolute Gasteiger partial charge is 0.343 e. The standard InChI is InChI=1S/C20H14BrNO3/c21-15-12-10-14(11-13-15)20(24)25-18-9-5-4-8-17(18)19(23)22-16-6-2-1-3-7-16/h1-13H,(H,22,23). The molecule has 1 N–H and O–H groups in total. The van der Waals surface area contributed by atoms with E-state index in [-0.39, 0.29) is 17.2 Å². The van der Waals surface area contributed by atoms with Gasteiger partial charge in [-0.1, -0.05) is 46.3 Å². The Morgan fingerprint density at radius 3 is 2.16 bits per heavy atom. The van der Waals surface area contributed by atoms with Gasteiger partial charge in [-0.15, -0.1) is 0 Å². The number of amides is 1. The van der Waals surface area contributed by atoms with Gasteiger partial charge in [-0.25, -0.2) is 4.79 Å². The molecule has 4 nitrogen and oxygen atoms in total. The van der Waals surface area contributed by atoms with Gasteiger partial charge in [0.05, 0.1) is 11.1 Å². The molecule has 124 valence electrons. The topological polar surface area (TPSA) is 55.4 Å². The molecule has 0 unspecified atom stereocenters. The molecule has 0 heterocycles. The summed E-state index contributed by atoms with van der Waals surface area (Å²) in [5.41, 5.74) is 1.36. The Bertz CT molecular complexity index is 892. The third-order valence-electron chi connectivity index (χ3n) is 3.45. The van der Waals surface area contributed by atoms with E-state index in [1.165, 1.54) is 0 Å². The van der Waals surface area contributed by atoms with Crippen LogP contribution < -0.4 is 10.1 Å². The van der Waals surface area contributed by atoms with Crippen LogP contribution in [-0.4, -0.2) is 11.9 Å². The highest BCUT2D eigenvalue weighted by molar-refractivity contribution is 9.10. The maximum Gasteiger partial charge on any atom is 0.343 e. The Morgan fingerprint density at radius 2 is 1.44 bits per heavy atom. The second kappa shape index (κ2) is 7.77. The van der Waals surface area contributed by atoms with Gasteiger partial charge in [0.25, 0.3) is 5.91 Å². The van der Waals surface area contributed by atoms with E-state index in [0.717, 1.165) is 4.47 Å². The quantitative estimate of drug-likeness (QED) is 0.503. The molecule has 0 aromatic heterocycles. The van der Waals surface area contributed by atoms with E-state index in [4.69, 9.17) is 4.74 Å². The van der Waals surface area contributed by atoms with Crippen molar-refractivity contribution in [1.82, 2.24) is 0 Å². The first-order chi connectivity index (χ1) is 12.1. The molecule has 0 aliphatic rings. The van der Waals surface area contributed by atoms with Crippen molar-refractivity contribution >= 4 is 33.5 Å². The molecule has 3 rings (SSSR count). The number of rotatable bonds is 4. The molecule has 0 fully saturated rings. The summed E-state index contributed by atoms with van der Waals surface area (Å²) in [6.45, 7) is 0. The van der Waals surface area contributed by atoms with E-state index in [1.54, 1.807) is 60.7 Å². The van der Waals surface area contributed by atoms with Gasteiger partial charge < -0.3 is 10.1 Å². The van der Waals surface area contributed by atoms with Crippen LogP contribution in [-0.2, 0) is 0 Å². The highest BCUT2D eigenvalue weighted by atomic mass is 79.9. The molecule has 0 atom stereocenters. The zero-order chi connectivity index (χ0) is 17.6. The summed E-state index contributed by atoms with van der Waals surface area (Å²) < 4.78 is 6.28. The molecule has 5 heteroatoms. The van der Waals surface area contributed by atoms with Gasteiger partial charge in [0.2, 0.25) is 0 Å². The van der Waals surface area contributed by atoms with Crippen LogP contribution in [0.2, 0.25) is 0 Å². The van der Waals surface area contributed by atoms with Crippen molar-refractivity contribution < 1.29 is 14.3 Å². The Labute approximate surface area is 153 Å². The predicted molar refractivity (Wildman–Crippen MR) is 99.9 cm³/mol. The lowest BCUT2D eigenvalue weighted by atomic mass is 10.1. The summed E-state index contributed by atoms with van der Waals surface area (Å²) in [4.78, 5) is 24.8. The minimum Gasteiger partial charge on any atom is -0.422 e. The molecule has 0 bridgehead atoms. The lowest BCUT2D eigenvalue weighted by Gasteiger charge is -2.10. The summed E-state index contributed by atoms with van der Waals surface area (Å²) in [5.74, 6) is -0.651. The van der Waals surface area contributed by atoms with Crippen molar-refractivity contribution in [1.29, 1.82) is 0 Å². The van der Waals surface area contributed by atoms with Crippen molar-refractivity contribution in [3.63, 3.8) is 0 Å². The average Bonchev–Trinajstić information content (AvgIpc) is 2.63. The molecule has 0 saturated heterocycles. The summed E-state index contributed by atoms with van der Waals surface area (Å²) in [6, 6.07) is 22.5. The van der Waals surface area contributed by atoms with Crippen LogP contribution in [0, 0.1) is 0 Å². The minimum atomic E-state index is -0.521. The molecule has 25 heavy (non-hydrogen) atoms. The van der Waals surface area contributed by atoms with E-state index in [1.807, 2.05) is 18.2 Å². The van der Waals surface area contributed by atoms with Crippen LogP contribution >= 0.6 is 15.9 Å². The van der Waals surface area contributed by atoms with Crippen LogP contribution in [0.25, 0.3) is 0 Å². The van der Waals surface area contributed by atoms with Crippen LogP contribution in [0.5, 0.6) is 5.75 Å². The Hall–Kier alpha value is -2.92. The Kier molecular flexibility index (Phi) is 5.26. The largest absolute Gasteiger partial charge is 0.422 e. The van der Waals surface area contributed by atoms with Crippen LogP contribution in [0.4, 0.5) is 5.69 Å². The third kappa shape index (κ3) is 4.33. The number of benzene rings is 3. The number of ether oxygens (including phenoxy) is 1. The second-order valence-corrected chi connectivity index (χ2v) is 6.13. The zero-order valence-corrected chi connectivity index (χ0v) is 14.7. The summed E-state index contributed by atoms with van der Waals surface area (Å²) in [7, 11) is 0. The highest BCUT2D eigenvalue weighted by Gasteiger charge is 2.16. The van der Waals surface area contributed by atoms with E-state index in [2.05, 4.69) is 21.2 Å². The van der Waals surface area contributed by atoms with Crippen molar-refractivity contribution in [3.8, 4) is 5.75 Å². The van der Waals surface area contributed by atoms with E-state index in [0.29, 0.717) is 11.3 Å². The number of hydrogen-bond donors (Lipinski definition) is 1. The highest BCUT2D eigenvalue weighted by Crippen LogP contribution is 2.21. The summed E-state index contributed by atoms with van der Waals surface area (Å²) in [6.07, 6.45) is 0.